The maximum atomic E-state index is 11.4. The van der Waals surface area contributed by atoms with E-state index in [9.17, 15) is 9.59 Å². The second-order valence-electron chi connectivity index (χ2n) is 4.72. The summed E-state index contributed by atoms with van der Waals surface area (Å²) in [5, 5.41) is 10.2. The Bertz CT molecular complexity index is 916. The van der Waals surface area contributed by atoms with Gasteiger partial charge in [0.05, 0.1) is 5.03 Å². The maximum Gasteiger partial charge on any atom is 0.362 e. The van der Waals surface area contributed by atoms with Gasteiger partial charge in [-0.3, -0.25) is 9.78 Å². The van der Waals surface area contributed by atoms with E-state index in [4.69, 9.17) is 16.8 Å². The number of benzene rings is 2. The van der Waals surface area contributed by atoms with Gasteiger partial charge in [-0.25, -0.2) is 4.79 Å². The number of aromatic nitrogens is 2. The molecule has 0 atom stereocenters. The molecule has 1 aromatic heterocycles. The fourth-order valence-corrected chi connectivity index (χ4v) is 2.96. The Morgan fingerprint density at radius 1 is 0.957 bits per heavy atom. The molecule has 0 unspecified atom stereocenters. The second kappa shape index (κ2) is 6.36. The summed E-state index contributed by atoms with van der Waals surface area (Å²) in [4.78, 5) is 26.0. The van der Waals surface area contributed by atoms with Crippen LogP contribution in [0.5, 0.6) is 0 Å². The Balaban J connectivity index is 1.84. The molecule has 2 N–H and O–H groups in total. The van der Waals surface area contributed by atoms with Gasteiger partial charge >= 0.3 is 5.69 Å². The molecule has 0 aliphatic heterocycles. The number of halogens is 1. The Morgan fingerprint density at radius 2 is 1.52 bits per heavy atom. The molecule has 0 saturated carbocycles. The zero-order valence-electron chi connectivity index (χ0n) is 11.7. The van der Waals surface area contributed by atoms with Crippen molar-refractivity contribution >= 4 is 23.4 Å². The Morgan fingerprint density at radius 3 is 2.09 bits per heavy atom. The van der Waals surface area contributed by atoms with Crippen molar-refractivity contribution in [2.24, 2.45) is 0 Å². The van der Waals surface area contributed by atoms with E-state index in [1.54, 1.807) is 0 Å². The molecule has 0 aliphatic carbocycles. The number of nitrogens with zero attached hydrogens (tertiary/aromatic N) is 1. The summed E-state index contributed by atoms with van der Waals surface area (Å²) in [5.41, 5.74) is 0.444. The molecular weight excluding hydrogens is 336 g/mol. The largest absolute Gasteiger partial charge is 0.421 e. The molecule has 2 aromatic carbocycles. The highest BCUT2D eigenvalue weighted by atomic mass is 35.5. The molecule has 0 spiro atoms. The second-order valence-corrected chi connectivity index (χ2v) is 6.27. The van der Waals surface area contributed by atoms with E-state index in [1.807, 2.05) is 48.5 Å². The molecule has 0 bridgehead atoms. The SMILES string of the molecule is O=c1cc(Sc2ccc(-c3ccc(Cl)cc3)cc2)[nH]c(=O)n1O. The third-order valence-corrected chi connectivity index (χ3v) is 4.35. The number of hydrogen-bond acceptors (Lipinski definition) is 4. The summed E-state index contributed by atoms with van der Waals surface area (Å²) >= 11 is 7.10. The average Bonchev–Trinajstić information content (AvgIpc) is 2.54. The third-order valence-electron chi connectivity index (χ3n) is 3.15. The number of hydrogen-bond donors (Lipinski definition) is 2. The van der Waals surface area contributed by atoms with Gasteiger partial charge in [-0.15, -0.1) is 0 Å². The Labute approximate surface area is 140 Å². The molecule has 0 aliphatic rings. The number of aromatic amines is 1. The minimum absolute atomic E-state index is 0.0354. The van der Waals surface area contributed by atoms with Crippen molar-refractivity contribution in [3.8, 4) is 11.1 Å². The molecule has 116 valence electrons. The van der Waals surface area contributed by atoms with Crippen LogP contribution in [0.25, 0.3) is 11.1 Å². The highest BCUT2D eigenvalue weighted by molar-refractivity contribution is 7.99. The summed E-state index contributed by atoms with van der Waals surface area (Å²) in [5.74, 6) is 0. The van der Waals surface area contributed by atoms with Gasteiger partial charge in [-0.05, 0) is 35.4 Å². The lowest BCUT2D eigenvalue weighted by Gasteiger charge is -2.05. The van der Waals surface area contributed by atoms with Crippen LogP contribution in [-0.2, 0) is 0 Å². The lowest BCUT2D eigenvalue weighted by atomic mass is 10.1. The average molecular weight is 347 g/mol. The topological polar surface area (TPSA) is 75.1 Å². The van der Waals surface area contributed by atoms with E-state index in [2.05, 4.69) is 4.98 Å². The number of nitrogens with one attached hydrogen (secondary N) is 1. The first-order valence-electron chi connectivity index (χ1n) is 6.62. The fraction of sp³-hybridized carbons (Fsp3) is 0. The van der Waals surface area contributed by atoms with Crippen LogP contribution >= 0.6 is 23.4 Å². The predicted octanol–water partition coefficient (Wildman–Crippen LogP) is 3.25. The van der Waals surface area contributed by atoms with Crippen LogP contribution in [0, 0.1) is 0 Å². The molecule has 0 amide bonds. The molecule has 1 heterocycles. The highest BCUT2D eigenvalue weighted by Gasteiger charge is 2.05. The van der Waals surface area contributed by atoms with Gasteiger partial charge in [0.1, 0.15) is 0 Å². The zero-order chi connectivity index (χ0) is 16.4. The van der Waals surface area contributed by atoms with Crippen molar-refractivity contribution in [1.82, 2.24) is 9.71 Å². The molecular formula is C16H11ClN2O3S. The molecule has 23 heavy (non-hydrogen) atoms. The van der Waals surface area contributed by atoms with Gasteiger partial charge in [0.2, 0.25) is 0 Å². The van der Waals surface area contributed by atoms with Crippen LogP contribution in [0.15, 0.2) is 74.1 Å². The summed E-state index contributed by atoms with van der Waals surface area (Å²) in [7, 11) is 0. The van der Waals surface area contributed by atoms with Gasteiger partial charge in [0.15, 0.2) is 0 Å². The Hall–Kier alpha value is -2.44. The number of rotatable bonds is 3. The Kier molecular flexibility index (Phi) is 4.27. The monoisotopic (exact) mass is 346 g/mol. The molecule has 0 saturated heterocycles. The minimum Gasteiger partial charge on any atom is -0.421 e. The molecule has 0 fully saturated rings. The summed E-state index contributed by atoms with van der Waals surface area (Å²) in [6, 6.07) is 16.3. The molecule has 3 aromatic rings. The highest BCUT2D eigenvalue weighted by Crippen LogP contribution is 2.28. The van der Waals surface area contributed by atoms with Crippen molar-refractivity contribution in [2.45, 2.75) is 9.92 Å². The first kappa shape index (κ1) is 15.5. The number of H-pyrrole nitrogens is 1. The van der Waals surface area contributed by atoms with Crippen LogP contribution in [0.1, 0.15) is 0 Å². The van der Waals surface area contributed by atoms with E-state index >= 15 is 0 Å². The van der Waals surface area contributed by atoms with Crippen molar-refractivity contribution in [3.63, 3.8) is 0 Å². The van der Waals surface area contributed by atoms with Crippen molar-refractivity contribution in [1.29, 1.82) is 0 Å². The van der Waals surface area contributed by atoms with Gasteiger partial charge in [-0.2, -0.15) is 0 Å². The van der Waals surface area contributed by atoms with Crippen LogP contribution in [0.3, 0.4) is 0 Å². The van der Waals surface area contributed by atoms with Crippen LogP contribution in [-0.4, -0.2) is 14.9 Å². The van der Waals surface area contributed by atoms with E-state index < -0.39 is 11.2 Å². The van der Waals surface area contributed by atoms with E-state index in [1.165, 1.54) is 17.8 Å². The standard InChI is InChI=1S/C16H11ClN2O3S/c17-12-5-1-10(2-6-12)11-3-7-13(8-4-11)23-14-9-15(20)19(22)16(21)18-14/h1-9,22H,(H,18,21). The molecule has 5 nitrogen and oxygen atoms in total. The zero-order valence-corrected chi connectivity index (χ0v) is 13.3. The summed E-state index contributed by atoms with van der Waals surface area (Å²) in [6.07, 6.45) is 0. The van der Waals surface area contributed by atoms with Crippen molar-refractivity contribution in [2.75, 3.05) is 0 Å². The minimum atomic E-state index is -0.863. The molecule has 7 heteroatoms. The van der Waals surface area contributed by atoms with Crippen LogP contribution < -0.4 is 11.2 Å². The third kappa shape index (κ3) is 3.49. The predicted molar refractivity (Wildman–Crippen MR) is 89.5 cm³/mol. The lowest BCUT2D eigenvalue weighted by molar-refractivity contribution is 0.159. The quantitative estimate of drug-likeness (QED) is 0.564. The van der Waals surface area contributed by atoms with Gasteiger partial charge < -0.3 is 5.21 Å². The molecule has 3 rings (SSSR count). The van der Waals surface area contributed by atoms with Crippen LogP contribution in [0.2, 0.25) is 5.02 Å². The normalized spacial score (nSPS) is 10.7. The fourth-order valence-electron chi connectivity index (χ4n) is 2.01. The lowest BCUT2D eigenvalue weighted by Crippen LogP contribution is -2.32. The first-order valence-corrected chi connectivity index (χ1v) is 7.82. The summed E-state index contributed by atoms with van der Waals surface area (Å²) < 4.78 is 0.0354. The smallest absolute Gasteiger partial charge is 0.362 e. The van der Waals surface area contributed by atoms with Gasteiger partial charge in [0, 0.05) is 16.0 Å². The van der Waals surface area contributed by atoms with Crippen molar-refractivity contribution in [3.05, 3.63) is 80.5 Å². The molecule has 0 radical (unpaired) electrons. The van der Waals surface area contributed by atoms with Crippen LogP contribution in [0.4, 0.5) is 0 Å². The van der Waals surface area contributed by atoms with E-state index in [0.717, 1.165) is 16.0 Å². The first-order chi connectivity index (χ1) is 11.0. The maximum absolute atomic E-state index is 11.4. The van der Waals surface area contributed by atoms with Gasteiger partial charge in [-0.1, -0.05) is 52.4 Å². The summed E-state index contributed by atoms with van der Waals surface area (Å²) in [6.45, 7) is 0. The van der Waals surface area contributed by atoms with E-state index in [-0.39, 0.29) is 4.73 Å². The van der Waals surface area contributed by atoms with Crippen molar-refractivity contribution < 1.29 is 5.21 Å². The van der Waals surface area contributed by atoms with Gasteiger partial charge in [0.25, 0.3) is 5.56 Å². The van der Waals surface area contributed by atoms with E-state index in [0.29, 0.717) is 10.0 Å².